The average Bonchev–Trinajstić information content (AvgIpc) is 2.49. The van der Waals surface area contributed by atoms with Crippen molar-refractivity contribution in [3.05, 3.63) is 23.8 Å². The number of ether oxygens (including phenoxy) is 3. The third-order valence-corrected chi connectivity index (χ3v) is 3.26. The van der Waals surface area contributed by atoms with Crippen molar-refractivity contribution in [2.24, 2.45) is 0 Å². The van der Waals surface area contributed by atoms with Gasteiger partial charge in [0.05, 0.1) is 13.7 Å². The summed E-state index contributed by atoms with van der Waals surface area (Å²) in [4.78, 5) is 14.0. The summed E-state index contributed by atoms with van der Waals surface area (Å²) < 4.78 is 15.9. The minimum atomic E-state index is -0.0330. The lowest BCUT2D eigenvalue weighted by molar-refractivity contribution is 0.0754. The van der Waals surface area contributed by atoms with Crippen LogP contribution in [0.15, 0.2) is 18.2 Å². The van der Waals surface area contributed by atoms with Gasteiger partial charge < -0.3 is 19.1 Å². The van der Waals surface area contributed by atoms with Gasteiger partial charge in [0.2, 0.25) is 0 Å². The number of amides is 1. The number of carbonyl (C=O) groups excluding carboxylic acids is 1. The first-order valence-electron chi connectivity index (χ1n) is 7.08. The highest BCUT2D eigenvalue weighted by Crippen LogP contribution is 2.28. The van der Waals surface area contributed by atoms with Crippen molar-refractivity contribution in [2.45, 2.75) is 26.3 Å². The lowest BCUT2D eigenvalue weighted by atomic mass is 10.1. The molecule has 118 valence electrons. The van der Waals surface area contributed by atoms with Crippen LogP contribution < -0.4 is 9.47 Å². The van der Waals surface area contributed by atoms with Crippen molar-refractivity contribution >= 4 is 5.91 Å². The van der Waals surface area contributed by atoms with Crippen molar-refractivity contribution in [2.75, 3.05) is 34.5 Å². The maximum Gasteiger partial charge on any atom is 0.253 e. The van der Waals surface area contributed by atoms with E-state index in [1.807, 2.05) is 13.8 Å². The molecule has 0 aliphatic carbocycles. The molecule has 5 nitrogen and oxygen atoms in total. The van der Waals surface area contributed by atoms with Gasteiger partial charge in [-0.2, -0.15) is 0 Å². The summed E-state index contributed by atoms with van der Waals surface area (Å²) in [6.07, 6.45) is 0.781. The fourth-order valence-electron chi connectivity index (χ4n) is 1.75. The molecule has 0 atom stereocenters. The van der Waals surface area contributed by atoms with E-state index < -0.39 is 0 Å². The number of nitrogens with zero attached hydrogens (tertiary/aromatic N) is 1. The standard InChI is InChI=1S/C16H25NO4/c1-12(2)17(3)16(18)13-7-8-14(20-5)15(11-13)21-10-6-9-19-4/h7-8,11-12H,6,9-10H2,1-5H3. The fraction of sp³-hybridized carbons (Fsp3) is 0.562. The molecule has 0 aromatic heterocycles. The van der Waals surface area contributed by atoms with Gasteiger partial charge >= 0.3 is 0 Å². The van der Waals surface area contributed by atoms with E-state index >= 15 is 0 Å². The van der Waals surface area contributed by atoms with Gasteiger partial charge in [-0.15, -0.1) is 0 Å². The van der Waals surface area contributed by atoms with Crippen molar-refractivity contribution in [3.8, 4) is 11.5 Å². The second-order valence-electron chi connectivity index (χ2n) is 5.07. The molecule has 0 saturated heterocycles. The highest BCUT2D eigenvalue weighted by atomic mass is 16.5. The Hall–Kier alpha value is -1.75. The van der Waals surface area contributed by atoms with Gasteiger partial charge in [0.15, 0.2) is 11.5 Å². The van der Waals surface area contributed by atoms with Crippen LogP contribution in [0.5, 0.6) is 11.5 Å². The molecule has 0 aliphatic heterocycles. The minimum Gasteiger partial charge on any atom is -0.493 e. The lowest BCUT2D eigenvalue weighted by Gasteiger charge is -2.22. The summed E-state index contributed by atoms with van der Waals surface area (Å²) in [6, 6.07) is 5.38. The zero-order chi connectivity index (χ0) is 15.8. The summed E-state index contributed by atoms with van der Waals surface area (Å²) in [7, 11) is 5.02. The quantitative estimate of drug-likeness (QED) is 0.692. The molecule has 21 heavy (non-hydrogen) atoms. The van der Waals surface area contributed by atoms with E-state index in [2.05, 4.69) is 0 Å². The first kappa shape index (κ1) is 17.3. The molecule has 1 rings (SSSR count). The maximum atomic E-state index is 12.3. The average molecular weight is 295 g/mol. The second kappa shape index (κ2) is 8.52. The highest BCUT2D eigenvalue weighted by molar-refractivity contribution is 5.94. The Morgan fingerprint density at radius 3 is 2.48 bits per heavy atom. The van der Waals surface area contributed by atoms with Crippen LogP contribution in [0.1, 0.15) is 30.6 Å². The van der Waals surface area contributed by atoms with Crippen LogP contribution in [0.2, 0.25) is 0 Å². The van der Waals surface area contributed by atoms with Crippen LogP contribution in [-0.4, -0.2) is 51.3 Å². The fourth-order valence-corrected chi connectivity index (χ4v) is 1.75. The molecule has 0 aliphatic rings. The number of rotatable bonds is 8. The van der Waals surface area contributed by atoms with Crippen molar-refractivity contribution in [1.82, 2.24) is 4.90 Å². The molecule has 0 saturated carbocycles. The number of hydrogen-bond donors (Lipinski definition) is 0. The predicted molar refractivity (Wildman–Crippen MR) is 82.2 cm³/mol. The Labute approximate surface area is 126 Å². The number of benzene rings is 1. The minimum absolute atomic E-state index is 0.0330. The molecule has 1 aromatic carbocycles. The number of methoxy groups -OCH3 is 2. The molecule has 5 heteroatoms. The third kappa shape index (κ3) is 4.93. The van der Waals surface area contributed by atoms with Crippen molar-refractivity contribution in [3.63, 3.8) is 0 Å². The summed E-state index contributed by atoms with van der Waals surface area (Å²) in [6.45, 7) is 5.10. The van der Waals surface area contributed by atoms with E-state index in [4.69, 9.17) is 14.2 Å². The van der Waals surface area contributed by atoms with Crippen LogP contribution in [0.4, 0.5) is 0 Å². The van der Waals surface area contributed by atoms with E-state index in [1.54, 1.807) is 44.4 Å². The zero-order valence-electron chi connectivity index (χ0n) is 13.5. The first-order valence-corrected chi connectivity index (χ1v) is 7.08. The Kier molecular flexibility index (Phi) is 7.02. The van der Waals surface area contributed by atoms with Gasteiger partial charge in [-0.1, -0.05) is 0 Å². The van der Waals surface area contributed by atoms with E-state index in [1.165, 1.54) is 0 Å². The molecule has 1 amide bonds. The molecule has 0 spiro atoms. The number of hydrogen-bond acceptors (Lipinski definition) is 4. The van der Waals surface area contributed by atoms with Crippen LogP contribution >= 0.6 is 0 Å². The van der Waals surface area contributed by atoms with Crippen molar-refractivity contribution < 1.29 is 19.0 Å². The van der Waals surface area contributed by atoms with Gasteiger partial charge in [-0.3, -0.25) is 4.79 Å². The molecule has 0 N–H and O–H groups in total. The highest BCUT2D eigenvalue weighted by Gasteiger charge is 2.16. The molecule has 0 bridgehead atoms. The molecular weight excluding hydrogens is 270 g/mol. The summed E-state index contributed by atoms with van der Waals surface area (Å²) in [5.74, 6) is 1.17. The van der Waals surface area contributed by atoms with Gasteiger partial charge in [0.25, 0.3) is 5.91 Å². The van der Waals surface area contributed by atoms with E-state index in [0.717, 1.165) is 6.42 Å². The molecular formula is C16H25NO4. The molecule has 0 radical (unpaired) electrons. The third-order valence-electron chi connectivity index (χ3n) is 3.26. The lowest BCUT2D eigenvalue weighted by Crippen LogP contribution is -2.32. The zero-order valence-corrected chi connectivity index (χ0v) is 13.5. The van der Waals surface area contributed by atoms with Gasteiger partial charge in [-0.25, -0.2) is 0 Å². The Morgan fingerprint density at radius 2 is 1.90 bits per heavy atom. The smallest absolute Gasteiger partial charge is 0.253 e. The number of carbonyl (C=O) groups is 1. The predicted octanol–water partition coefficient (Wildman–Crippen LogP) is 2.59. The first-order chi connectivity index (χ1) is 10.0. The summed E-state index contributed by atoms with van der Waals surface area (Å²) in [5.41, 5.74) is 0.591. The molecule has 1 aromatic rings. The second-order valence-corrected chi connectivity index (χ2v) is 5.07. The molecule has 0 fully saturated rings. The van der Waals surface area contributed by atoms with Gasteiger partial charge in [-0.05, 0) is 32.0 Å². The topological polar surface area (TPSA) is 48.0 Å². The summed E-state index contributed by atoms with van der Waals surface area (Å²) in [5, 5.41) is 0. The normalized spacial score (nSPS) is 10.6. The van der Waals surface area contributed by atoms with Crippen LogP contribution in [0, 0.1) is 0 Å². The summed E-state index contributed by atoms with van der Waals surface area (Å²) >= 11 is 0. The van der Waals surface area contributed by atoms with Gasteiger partial charge in [0, 0.05) is 38.8 Å². The van der Waals surface area contributed by atoms with Crippen LogP contribution in [0.3, 0.4) is 0 Å². The monoisotopic (exact) mass is 295 g/mol. The Bertz CT molecular complexity index is 460. The SMILES string of the molecule is COCCCOc1cc(C(=O)N(C)C(C)C)ccc1OC. The van der Waals surface area contributed by atoms with E-state index in [9.17, 15) is 4.79 Å². The van der Waals surface area contributed by atoms with Gasteiger partial charge in [0.1, 0.15) is 0 Å². The maximum absolute atomic E-state index is 12.3. The largest absolute Gasteiger partial charge is 0.493 e. The van der Waals surface area contributed by atoms with E-state index in [-0.39, 0.29) is 11.9 Å². The Morgan fingerprint density at radius 1 is 1.19 bits per heavy atom. The van der Waals surface area contributed by atoms with E-state index in [0.29, 0.717) is 30.3 Å². The van der Waals surface area contributed by atoms with Crippen molar-refractivity contribution in [1.29, 1.82) is 0 Å². The Balaban J connectivity index is 2.86. The van der Waals surface area contributed by atoms with Crippen LogP contribution in [0.25, 0.3) is 0 Å². The molecule has 0 unspecified atom stereocenters. The molecule has 0 heterocycles. The van der Waals surface area contributed by atoms with Crippen LogP contribution in [-0.2, 0) is 4.74 Å².